The van der Waals surface area contributed by atoms with E-state index in [4.69, 9.17) is 4.74 Å². The van der Waals surface area contributed by atoms with Crippen molar-refractivity contribution in [3.8, 4) is 0 Å². The molecule has 44 heavy (non-hydrogen) atoms. The first-order valence-corrected chi connectivity index (χ1v) is 15.7. The van der Waals surface area contributed by atoms with E-state index in [0.717, 1.165) is 17.5 Å². The van der Waals surface area contributed by atoms with Gasteiger partial charge >= 0.3 is 6.09 Å². The fraction of sp³-hybridized carbons (Fsp3) is 0.543. The van der Waals surface area contributed by atoms with E-state index >= 15 is 0 Å². The standard InChI is InChI=1S/C35H48N4O5/c1-33(2,3)44-32(43)37-34(4,5)30(41)36-28(20-13-17-25-15-9-7-10-16-25)29(40)39-22-14-21-35(24-39)27(23-38(6)31(35)42)26-18-11-8-12-19-26/h7-12,15-16,18-19,27-28H,13-14,17,20-24H2,1-6H3,(H,36,41)(H,37,43). The number of aryl methyl sites for hydroxylation is 1. The van der Waals surface area contributed by atoms with Crippen LogP contribution in [0.2, 0.25) is 0 Å². The second-order valence-electron chi connectivity index (χ2n) is 13.8. The van der Waals surface area contributed by atoms with Gasteiger partial charge in [-0.2, -0.15) is 0 Å². The maximum absolute atomic E-state index is 14.3. The summed E-state index contributed by atoms with van der Waals surface area (Å²) in [4.78, 5) is 57.6. The quantitative estimate of drug-likeness (QED) is 0.433. The van der Waals surface area contributed by atoms with Crippen molar-refractivity contribution in [1.29, 1.82) is 0 Å². The fourth-order valence-corrected chi connectivity index (χ4v) is 6.49. The third kappa shape index (κ3) is 7.79. The van der Waals surface area contributed by atoms with Gasteiger partial charge in [-0.05, 0) is 77.8 Å². The van der Waals surface area contributed by atoms with Gasteiger partial charge in [0.15, 0.2) is 0 Å². The number of ether oxygens (including phenoxy) is 1. The summed E-state index contributed by atoms with van der Waals surface area (Å²) in [5, 5.41) is 5.60. The molecule has 2 aliphatic rings. The predicted octanol–water partition coefficient (Wildman–Crippen LogP) is 4.66. The molecule has 0 bridgehead atoms. The van der Waals surface area contributed by atoms with E-state index in [2.05, 4.69) is 22.8 Å². The Labute approximate surface area is 261 Å². The largest absolute Gasteiger partial charge is 0.444 e. The van der Waals surface area contributed by atoms with Crippen molar-refractivity contribution in [2.45, 2.75) is 89.8 Å². The zero-order chi connectivity index (χ0) is 32.1. The van der Waals surface area contributed by atoms with Crippen LogP contribution in [0.3, 0.4) is 0 Å². The van der Waals surface area contributed by atoms with Crippen molar-refractivity contribution in [3.05, 3.63) is 71.8 Å². The molecule has 2 N–H and O–H groups in total. The molecular formula is C35H48N4O5. The van der Waals surface area contributed by atoms with Crippen LogP contribution >= 0.6 is 0 Å². The Balaban J connectivity index is 1.54. The molecule has 0 aliphatic carbocycles. The number of alkyl carbamates (subject to hydrolysis) is 1. The normalized spacial score (nSPS) is 21.2. The van der Waals surface area contributed by atoms with Gasteiger partial charge in [-0.25, -0.2) is 4.79 Å². The number of likely N-dealkylation sites (N-methyl/N-ethyl adjacent to an activating group) is 1. The maximum Gasteiger partial charge on any atom is 0.408 e. The van der Waals surface area contributed by atoms with Crippen LogP contribution in [0.5, 0.6) is 0 Å². The van der Waals surface area contributed by atoms with Crippen molar-refractivity contribution >= 4 is 23.8 Å². The molecule has 0 radical (unpaired) electrons. The first-order valence-electron chi connectivity index (χ1n) is 15.7. The number of piperidine rings is 1. The Hall–Kier alpha value is -3.88. The molecule has 238 valence electrons. The Morgan fingerprint density at radius 2 is 1.64 bits per heavy atom. The predicted molar refractivity (Wildman–Crippen MR) is 170 cm³/mol. The van der Waals surface area contributed by atoms with Crippen molar-refractivity contribution in [1.82, 2.24) is 20.4 Å². The molecule has 2 aromatic rings. The first kappa shape index (κ1) is 33.0. The Bertz CT molecular complexity index is 1320. The fourth-order valence-electron chi connectivity index (χ4n) is 6.49. The van der Waals surface area contributed by atoms with Gasteiger partial charge in [0, 0.05) is 32.6 Å². The van der Waals surface area contributed by atoms with Crippen molar-refractivity contribution in [2.75, 3.05) is 26.7 Å². The monoisotopic (exact) mass is 604 g/mol. The summed E-state index contributed by atoms with van der Waals surface area (Å²) in [6, 6.07) is 19.3. The minimum Gasteiger partial charge on any atom is -0.444 e. The van der Waals surface area contributed by atoms with Gasteiger partial charge in [-0.15, -0.1) is 0 Å². The SMILES string of the molecule is CN1CC(c2ccccc2)C2(CCCN(C(=O)C(CCCc3ccccc3)NC(=O)C(C)(C)NC(=O)OC(C)(C)C)C2)C1=O. The third-order valence-corrected chi connectivity index (χ3v) is 8.72. The van der Waals surface area contributed by atoms with E-state index in [0.29, 0.717) is 45.3 Å². The molecule has 2 heterocycles. The topological polar surface area (TPSA) is 108 Å². The van der Waals surface area contributed by atoms with Crippen molar-refractivity contribution < 1.29 is 23.9 Å². The molecule has 3 unspecified atom stereocenters. The summed E-state index contributed by atoms with van der Waals surface area (Å²) < 4.78 is 5.36. The zero-order valence-corrected chi connectivity index (χ0v) is 27.0. The van der Waals surface area contributed by atoms with Gasteiger partial charge in [0.25, 0.3) is 0 Å². The number of hydrogen-bond acceptors (Lipinski definition) is 5. The number of nitrogens with zero attached hydrogens (tertiary/aromatic N) is 2. The number of likely N-dealkylation sites (tertiary alicyclic amines) is 2. The molecule has 4 rings (SSSR count). The van der Waals surface area contributed by atoms with Crippen LogP contribution in [0, 0.1) is 5.41 Å². The highest BCUT2D eigenvalue weighted by atomic mass is 16.6. The molecule has 2 fully saturated rings. The van der Waals surface area contributed by atoms with Crippen LogP contribution in [-0.2, 0) is 25.5 Å². The highest BCUT2D eigenvalue weighted by molar-refractivity contribution is 5.94. The number of nitrogens with one attached hydrogen (secondary N) is 2. The van der Waals surface area contributed by atoms with Crippen LogP contribution in [0.1, 0.15) is 77.3 Å². The summed E-state index contributed by atoms with van der Waals surface area (Å²) in [6.45, 7) is 9.86. The summed E-state index contributed by atoms with van der Waals surface area (Å²) >= 11 is 0. The average Bonchev–Trinajstić information content (AvgIpc) is 3.20. The van der Waals surface area contributed by atoms with Crippen molar-refractivity contribution in [3.63, 3.8) is 0 Å². The summed E-state index contributed by atoms with van der Waals surface area (Å²) in [5.41, 5.74) is -0.506. The molecule has 0 saturated carbocycles. The summed E-state index contributed by atoms with van der Waals surface area (Å²) in [5.74, 6) is -0.643. The lowest BCUT2D eigenvalue weighted by molar-refractivity contribution is -0.146. The average molecular weight is 605 g/mol. The minimum atomic E-state index is -1.33. The lowest BCUT2D eigenvalue weighted by Crippen LogP contribution is -2.61. The highest BCUT2D eigenvalue weighted by Gasteiger charge is 2.55. The first-order chi connectivity index (χ1) is 20.7. The maximum atomic E-state index is 14.3. The van der Waals surface area contributed by atoms with Gasteiger partial charge in [0.05, 0.1) is 5.41 Å². The second-order valence-corrected chi connectivity index (χ2v) is 13.8. The number of carbonyl (C=O) groups is 4. The number of carbonyl (C=O) groups excluding carboxylic acids is 4. The number of rotatable bonds is 9. The van der Waals surface area contributed by atoms with Gasteiger partial charge < -0.3 is 25.2 Å². The van der Waals surface area contributed by atoms with Crippen LogP contribution in [0.15, 0.2) is 60.7 Å². The number of hydrogen-bond donors (Lipinski definition) is 2. The van der Waals surface area contributed by atoms with E-state index in [1.165, 1.54) is 0 Å². The number of amides is 4. The molecule has 9 nitrogen and oxygen atoms in total. The van der Waals surface area contributed by atoms with Gasteiger partial charge in [-0.3, -0.25) is 14.4 Å². The van der Waals surface area contributed by atoms with E-state index in [1.807, 2.05) is 55.6 Å². The number of benzene rings is 2. The van der Waals surface area contributed by atoms with E-state index in [-0.39, 0.29) is 17.7 Å². The van der Waals surface area contributed by atoms with E-state index < -0.39 is 34.6 Å². The molecule has 1 spiro atoms. The highest BCUT2D eigenvalue weighted by Crippen LogP contribution is 2.49. The zero-order valence-electron chi connectivity index (χ0n) is 27.0. The molecule has 0 aromatic heterocycles. The second kappa shape index (κ2) is 13.4. The Morgan fingerprint density at radius 1 is 1.00 bits per heavy atom. The van der Waals surface area contributed by atoms with Gasteiger partial charge in [0.2, 0.25) is 17.7 Å². The summed E-state index contributed by atoms with van der Waals surface area (Å²) in [6.07, 6.45) is 2.54. The van der Waals surface area contributed by atoms with Crippen LogP contribution < -0.4 is 10.6 Å². The lowest BCUT2D eigenvalue weighted by Gasteiger charge is -2.43. The Kier molecular flexibility index (Phi) is 10.1. The Morgan fingerprint density at radius 3 is 2.27 bits per heavy atom. The van der Waals surface area contributed by atoms with Crippen molar-refractivity contribution in [2.24, 2.45) is 5.41 Å². The van der Waals surface area contributed by atoms with Crippen LogP contribution in [0.4, 0.5) is 4.79 Å². The molecule has 2 aliphatic heterocycles. The van der Waals surface area contributed by atoms with Crippen LogP contribution in [0.25, 0.3) is 0 Å². The lowest BCUT2D eigenvalue weighted by atomic mass is 9.69. The summed E-state index contributed by atoms with van der Waals surface area (Å²) in [7, 11) is 1.83. The molecule has 4 amide bonds. The molecule has 9 heteroatoms. The molecule has 2 saturated heterocycles. The van der Waals surface area contributed by atoms with E-state index in [1.54, 1.807) is 44.4 Å². The third-order valence-electron chi connectivity index (χ3n) is 8.72. The molecule has 2 aromatic carbocycles. The minimum absolute atomic E-state index is 0.0279. The van der Waals surface area contributed by atoms with E-state index in [9.17, 15) is 19.2 Å². The van der Waals surface area contributed by atoms with Gasteiger partial charge in [-0.1, -0.05) is 60.7 Å². The smallest absolute Gasteiger partial charge is 0.408 e. The molecular weight excluding hydrogens is 556 g/mol. The molecule has 3 atom stereocenters. The van der Waals surface area contributed by atoms with Gasteiger partial charge in [0.1, 0.15) is 17.2 Å². The van der Waals surface area contributed by atoms with Crippen LogP contribution in [-0.4, -0.2) is 77.5 Å².